The first kappa shape index (κ1) is 12.6. The van der Waals surface area contributed by atoms with Gasteiger partial charge in [0.25, 0.3) is 5.91 Å². The number of hydrogen-bond acceptors (Lipinski definition) is 3. The van der Waals surface area contributed by atoms with Crippen molar-refractivity contribution in [3.8, 4) is 0 Å². The number of carbonyl (C=O) groups excluding carboxylic acids is 1. The molecular formula is C16H18N4O. The maximum Gasteiger partial charge on any atom is 0.274 e. The van der Waals surface area contributed by atoms with Gasteiger partial charge in [-0.15, -0.1) is 0 Å². The predicted molar refractivity (Wildman–Crippen MR) is 77.7 cm³/mol. The number of carbonyl (C=O) groups is 1. The normalized spacial score (nSPS) is 17.1. The van der Waals surface area contributed by atoms with Crippen molar-refractivity contribution in [3.05, 3.63) is 46.5 Å². The van der Waals surface area contributed by atoms with E-state index in [1.165, 1.54) is 24.1 Å². The van der Waals surface area contributed by atoms with Crippen LogP contribution >= 0.6 is 0 Å². The number of fused-ring (bicyclic) bond motifs is 1. The van der Waals surface area contributed by atoms with Gasteiger partial charge in [0.1, 0.15) is 0 Å². The second-order valence-electron chi connectivity index (χ2n) is 6.11. The highest BCUT2D eigenvalue weighted by atomic mass is 16.2. The van der Waals surface area contributed by atoms with E-state index in [2.05, 4.69) is 16.1 Å². The third-order valence-electron chi connectivity index (χ3n) is 4.36. The molecule has 0 spiro atoms. The van der Waals surface area contributed by atoms with E-state index in [-0.39, 0.29) is 5.91 Å². The average Bonchev–Trinajstić information content (AvgIpc) is 3.10. The fourth-order valence-electron chi connectivity index (χ4n) is 3.05. The average molecular weight is 282 g/mol. The zero-order chi connectivity index (χ0) is 14.6. The van der Waals surface area contributed by atoms with Crippen molar-refractivity contribution in [2.45, 2.75) is 38.8 Å². The lowest BCUT2D eigenvalue weighted by atomic mass is 10.2. The molecule has 1 aliphatic carbocycles. The first-order valence-electron chi connectivity index (χ1n) is 7.39. The maximum absolute atomic E-state index is 12.6. The lowest BCUT2D eigenvalue weighted by Gasteiger charge is -2.13. The van der Waals surface area contributed by atoms with E-state index in [9.17, 15) is 4.79 Å². The number of nitrogens with zero attached hydrogens (tertiary/aromatic N) is 4. The molecule has 2 aromatic heterocycles. The predicted octanol–water partition coefficient (Wildman–Crippen LogP) is 2.16. The van der Waals surface area contributed by atoms with Crippen molar-refractivity contribution in [1.82, 2.24) is 19.7 Å². The summed E-state index contributed by atoms with van der Waals surface area (Å²) >= 11 is 0. The summed E-state index contributed by atoms with van der Waals surface area (Å²) in [5, 5.41) is 4.41. The van der Waals surface area contributed by atoms with Crippen LogP contribution in [0.3, 0.4) is 0 Å². The van der Waals surface area contributed by atoms with Crippen molar-refractivity contribution in [2.75, 3.05) is 0 Å². The van der Waals surface area contributed by atoms with Gasteiger partial charge in [0.05, 0.1) is 0 Å². The van der Waals surface area contributed by atoms with Crippen LogP contribution in [0.4, 0.5) is 0 Å². The van der Waals surface area contributed by atoms with Crippen molar-refractivity contribution in [1.29, 1.82) is 0 Å². The Morgan fingerprint density at radius 3 is 2.76 bits per heavy atom. The first-order valence-corrected chi connectivity index (χ1v) is 7.39. The Balaban J connectivity index is 1.57. The molecule has 1 saturated carbocycles. The molecule has 1 fully saturated rings. The van der Waals surface area contributed by atoms with Gasteiger partial charge in [-0.1, -0.05) is 0 Å². The van der Waals surface area contributed by atoms with Crippen LogP contribution in [-0.2, 0) is 20.1 Å². The highest BCUT2D eigenvalue weighted by Crippen LogP contribution is 2.40. The molecule has 0 aromatic carbocycles. The summed E-state index contributed by atoms with van der Waals surface area (Å²) in [5.41, 5.74) is 5.10. The van der Waals surface area contributed by atoms with Crippen molar-refractivity contribution >= 4 is 5.91 Å². The number of aromatic nitrogens is 3. The van der Waals surface area contributed by atoms with E-state index in [4.69, 9.17) is 0 Å². The summed E-state index contributed by atoms with van der Waals surface area (Å²) in [7, 11) is 1.93. The molecule has 2 aromatic rings. The van der Waals surface area contributed by atoms with Gasteiger partial charge in [0.15, 0.2) is 5.69 Å². The number of rotatable bonds is 2. The minimum absolute atomic E-state index is 0.0198. The van der Waals surface area contributed by atoms with E-state index >= 15 is 0 Å². The van der Waals surface area contributed by atoms with Crippen LogP contribution in [0.25, 0.3) is 0 Å². The molecule has 3 heterocycles. The Kier molecular flexibility index (Phi) is 2.64. The monoisotopic (exact) mass is 282 g/mol. The van der Waals surface area contributed by atoms with Crippen LogP contribution in [0.15, 0.2) is 18.3 Å². The number of hydrogen-bond donors (Lipinski definition) is 0. The summed E-state index contributed by atoms with van der Waals surface area (Å²) in [6.45, 7) is 3.27. The van der Waals surface area contributed by atoms with Gasteiger partial charge < -0.3 is 4.90 Å². The quantitative estimate of drug-likeness (QED) is 0.848. The number of amides is 1. The lowest BCUT2D eigenvalue weighted by Crippen LogP contribution is -2.25. The second kappa shape index (κ2) is 4.41. The summed E-state index contributed by atoms with van der Waals surface area (Å²) in [5.74, 6) is 0.623. The van der Waals surface area contributed by atoms with Crippen LogP contribution in [0.2, 0.25) is 0 Å². The largest absolute Gasteiger partial charge is 0.329 e. The summed E-state index contributed by atoms with van der Waals surface area (Å²) in [4.78, 5) is 18.8. The molecule has 5 nitrogen and oxygen atoms in total. The summed E-state index contributed by atoms with van der Waals surface area (Å²) < 4.78 is 1.86. The Bertz CT molecular complexity index is 730. The molecule has 108 valence electrons. The molecule has 0 unspecified atom stereocenters. The maximum atomic E-state index is 12.6. The minimum atomic E-state index is 0.0198. The van der Waals surface area contributed by atoms with Gasteiger partial charge in [-0.05, 0) is 43.0 Å². The standard InChI is InChI=1S/C16H18N4O/c1-10-5-12-8-20(9-13(12)7-17-10)16(21)14-6-15(11-3-4-11)19(2)18-14/h5-7,11H,3-4,8-9H2,1-2H3. The molecule has 1 aliphatic heterocycles. The Morgan fingerprint density at radius 2 is 2.00 bits per heavy atom. The Labute approximate surface area is 123 Å². The number of pyridine rings is 1. The molecule has 0 saturated heterocycles. The van der Waals surface area contributed by atoms with E-state index in [1.54, 1.807) is 0 Å². The van der Waals surface area contributed by atoms with Gasteiger partial charge in [-0.2, -0.15) is 5.10 Å². The highest BCUT2D eigenvalue weighted by Gasteiger charge is 2.31. The topological polar surface area (TPSA) is 51.0 Å². The highest BCUT2D eigenvalue weighted by molar-refractivity contribution is 5.92. The number of aryl methyl sites for hydroxylation is 2. The summed E-state index contributed by atoms with van der Waals surface area (Å²) in [6, 6.07) is 4.03. The Hall–Kier alpha value is -2.17. The molecular weight excluding hydrogens is 264 g/mol. The molecule has 1 amide bonds. The zero-order valence-corrected chi connectivity index (χ0v) is 12.3. The fourth-order valence-corrected chi connectivity index (χ4v) is 3.05. The van der Waals surface area contributed by atoms with Crippen LogP contribution < -0.4 is 0 Å². The molecule has 21 heavy (non-hydrogen) atoms. The minimum Gasteiger partial charge on any atom is -0.329 e. The fraction of sp³-hybridized carbons (Fsp3) is 0.438. The molecule has 0 N–H and O–H groups in total. The van der Waals surface area contributed by atoms with Gasteiger partial charge in [0, 0.05) is 43.6 Å². The zero-order valence-electron chi connectivity index (χ0n) is 12.3. The van der Waals surface area contributed by atoms with E-state index in [0.717, 1.165) is 11.3 Å². The second-order valence-corrected chi connectivity index (χ2v) is 6.11. The van der Waals surface area contributed by atoms with E-state index < -0.39 is 0 Å². The van der Waals surface area contributed by atoms with E-state index in [1.807, 2.05) is 35.8 Å². The molecule has 4 rings (SSSR count). The van der Waals surface area contributed by atoms with Crippen LogP contribution in [0, 0.1) is 6.92 Å². The van der Waals surface area contributed by atoms with Crippen LogP contribution in [0.5, 0.6) is 0 Å². The summed E-state index contributed by atoms with van der Waals surface area (Å²) in [6.07, 6.45) is 4.31. The van der Waals surface area contributed by atoms with Gasteiger partial charge >= 0.3 is 0 Å². The molecule has 0 bridgehead atoms. The third-order valence-corrected chi connectivity index (χ3v) is 4.36. The first-order chi connectivity index (χ1) is 10.1. The molecule has 5 heteroatoms. The van der Waals surface area contributed by atoms with Crippen LogP contribution in [-0.4, -0.2) is 25.6 Å². The van der Waals surface area contributed by atoms with E-state index in [0.29, 0.717) is 24.7 Å². The SMILES string of the molecule is Cc1cc2c(cn1)CN(C(=O)c1cc(C3CC3)n(C)n1)C2. The van der Waals surface area contributed by atoms with Crippen molar-refractivity contribution < 1.29 is 4.79 Å². The van der Waals surface area contributed by atoms with Gasteiger partial charge in [-0.25, -0.2) is 0 Å². The third kappa shape index (κ3) is 2.13. The Morgan fingerprint density at radius 1 is 1.24 bits per heavy atom. The molecule has 2 aliphatic rings. The molecule has 0 atom stereocenters. The lowest BCUT2D eigenvalue weighted by molar-refractivity contribution is 0.0744. The van der Waals surface area contributed by atoms with Crippen molar-refractivity contribution in [3.63, 3.8) is 0 Å². The van der Waals surface area contributed by atoms with Crippen molar-refractivity contribution in [2.24, 2.45) is 7.05 Å². The van der Waals surface area contributed by atoms with Gasteiger partial charge in [0.2, 0.25) is 0 Å². The van der Waals surface area contributed by atoms with Gasteiger partial charge in [-0.3, -0.25) is 14.5 Å². The van der Waals surface area contributed by atoms with Crippen LogP contribution in [0.1, 0.15) is 51.8 Å². The molecule has 0 radical (unpaired) electrons. The smallest absolute Gasteiger partial charge is 0.274 e.